The number of benzene rings is 1. The topological polar surface area (TPSA) is 57.8 Å². The zero-order chi connectivity index (χ0) is 14.9. The van der Waals surface area contributed by atoms with Gasteiger partial charge in [0.1, 0.15) is 17.6 Å². The lowest BCUT2D eigenvalue weighted by Gasteiger charge is -2.08. The molecular weight excluding hydrogens is 257 g/mol. The summed E-state index contributed by atoms with van der Waals surface area (Å²) in [5.74, 6) is -0.884. The molecule has 0 unspecified atom stereocenters. The van der Waals surface area contributed by atoms with Gasteiger partial charge in [0, 0.05) is 18.4 Å². The molecule has 1 aromatic heterocycles. The van der Waals surface area contributed by atoms with Crippen molar-refractivity contribution >= 4 is 11.6 Å². The highest BCUT2D eigenvalue weighted by molar-refractivity contribution is 6.04. The summed E-state index contributed by atoms with van der Waals surface area (Å²) < 4.78 is 15.0. The maximum Gasteiger partial charge on any atom is 0.272 e. The maximum atomic E-state index is 13.2. The molecule has 5 heteroatoms. The smallest absolute Gasteiger partial charge is 0.272 e. The van der Waals surface area contributed by atoms with E-state index < -0.39 is 5.82 Å². The lowest BCUT2D eigenvalue weighted by Crippen LogP contribution is -2.17. The summed E-state index contributed by atoms with van der Waals surface area (Å²) in [6.07, 6.45) is 0. The second-order valence-corrected chi connectivity index (χ2v) is 4.64. The third kappa shape index (κ3) is 2.41. The van der Waals surface area contributed by atoms with E-state index in [1.807, 2.05) is 27.0 Å². The number of aryl methyl sites for hydroxylation is 2. The normalized spacial score (nSPS) is 10.2. The standard InChI is InChI=1S/C15H14FN3O/c1-9-6-10(2)19(3)14(9)15(20)18-12-4-5-13(16)11(7-12)8-17/h4-7H,1-3H3,(H,18,20). The van der Waals surface area contributed by atoms with Gasteiger partial charge in [0.05, 0.1) is 5.56 Å². The average molecular weight is 271 g/mol. The van der Waals surface area contributed by atoms with Crippen LogP contribution in [0.3, 0.4) is 0 Å². The molecule has 20 heavy (non-hydrogen) atoms. The van der Waals surface area contributed by atoms with E-state index in [2.05, 4.69) is 5.32 Å². The first kappa shape index (κ1) is 13.8. The number of hydrogen-bond donors (Lipinski definition) is 1. The zero-order valence-electron chi connectivity index (χ0n) is 11.5. The molecule has 0 saturated carbocycles. The van der Waals surface area contributed by atoms with E-state index in [-0.39, 0.29) is 11.5 Å². The van der Waals surface area contributed by atoms with Gasteiger partial charge in [-0.3, -0.25) is 4.79 Å². The molecule has 0 aliphatic carbocycles. The quantitative estimate of drug-likeness (QED) is 0.913. The fraction of sp³-hybridized carbons (Fsp3) is 0.200. The molecule has 2 rings (SSSR count). The first-order valence-electron chi connectivity index (χ1n) is 6.08. The molecule has 1 N–H and O–H groups in total. The van der Waals surface area contributed by atoms with Gasteiger partial charge in [-0.25, -0.2) is 4.39 Å². The van der Waals surface area contributed by atoms with Crippen LogP contribution in [0, 0.1) is 31.0 Å². The van der Waals surface area contributed by atoms with E-state index in [4.69, 9.17) is 5.26 Å². The number of halogens is 1. The maximum absolute atomic E-state index is 13.2. The Bertz CT molecular complexity index is 725. The Labute approximate surface area is 116 Å². The SMILES string of the molecule is Cc1cc(C)n(C)c1C(=O)Nc1ccc(F)c(C#N)c1. The number of nitrogens with zero attached hydrogens (tertiary/aromatic N) is 2. The molecule has 0 aliphatic rings. The Morgan fingerprint density at radius 3 is 2.60 bits per heavy atom. The monoisotopic (exact) mass is 271 g/mol. The number of nitriles is 1. The average Bonchev–Trinajstić information content (AvgIpc) is 2.65. The van der Waals surface area contributed by atoms with Crippen LogP contribution in [-0.4, -0.2) is 10.5 Å². The fourth-order valence-corrected chi connectivity index (χ4v) is 2.13. The molecule has 1 amide bonds. The summed E-state index contributed by atoms with van der Waals surface area (Å²) in [5.41, 5.74) is 2.69. The largest absolute Gasteiger partial charge is 0.344 e. The minimum absolute atomic E-state index is 0.0948. The van der Waals surface area contributed by atoms with Crippen LogP contribution >= 0.6 is 0 Å². The van der Waals surface area contributed by atoms with E-state index in [0.717, 1.165) is 17.3 Å². The van der Waals surface area contributed by atoms with Crippen LogP contribution in [0.25, 0.3) is 0 Å². The van der Waals surface area contributed by atoms with Crippen LogP contribution in [0.15, 0.2) is 24.3 Å². The van der Waals surface area contributed by atoms with Crippen molar-refractivity contribution in [2.75, 3.05) is 5.32 Å². The first-order chi connectivity index (χ1) is 9.43. The summed E-state index contributed by atoms with van der Waals surface area (Å²) in [6.45, 7) is 3.77. The molecular formula is C15H14FN3O. The van der Waals surface area contributed by atoms with Crippen molar-refractivity contribution in [2.24, 2.45) is 7.05 Å². The summed E-state index contributed by atoms with van der Waals surface area (Å²) in [5, 5.41) is 11.5. The van der Waals surface area contributed by atoms with Crippen LogP contribution in [0.4, 0.5) is 10.1 Å². The second kappa shape index (κ2) is 5.17. The number of nitrogens with one attached hydrogen (secondary N) is 1. The van der Waals surface area contributed by atoms with E-state index in [9.17, 15) is 9.18 Å². The van der Waals surface area contributed by atoms with Crippen molar-refractivity contribution in [3.05, 3.63) is 52.6 Å². The summed E-state index contributed by atoms with van der Waals surface area (Å²) in [7, 11) is 1.81. The van der Waals surface area contributed by atoms with Crippen molar-refractivity contribution in [1.29, 1.82) is 5.26 Å². The van der Waals surface area contributed by atoms with E-state index >= 15 is 0 Å². The molecule has 0 aliphatic heterocycles. The Morgan fingerprint density at radius 2 is 2.05 bits per heavy atom. The Kier molecular flexibility index (Phi) is 3.57. The predicted octanol–water partition coefficient (Wildman–Crippen LogP) is 2.91. The van der Waals surface area contributed by atoms with Crippen molar-refractivity contribution in [3.63, 3.8) is 0 Å². The van der Waals surface area contributed by atoms with Crippen LogP contribution in [0.1, 0.15) is 27.3 Å². The number of amides is 1. The number of rotatable bonds is 2. The molecule has 102 valence electrons. The number of hydrogen-bond acceptors (Lipinski definition) is 2. The van der Waals surface area contributed by atoms with Gasteiger partial charge < -0.3 is 9.88 Å². The fourth-order valence-electron chi connectivity index (χ4n) is 2.13. The lowest BCUT2D eigenvalue weighted by atomic mass is 10.2. The van der Waals surface area contributed by atoms with Crippen LogP contribution in [-0.2, 0) is 7.05 Å². The summed E-state index contributed by atoms with van der Waals surface area (Å²) in [6, 6.07) is 7.57. The molecule has 4 nitrogen and oxygen atoms in total. The van der Waals surface area contributed by atoms with E-state index in [1.54, 1.807) is 10.6 Å². The Morgan fingerprint density at radius 1 is 1.35 bits per heavy atom. The van der Waals surface area contributed by atoms with Gasteiger partial charge in [-0.2, -0.15) is 5.26 Å². The summed E-state index contributed by atoms with van der Waals surface area (Å²) in [4.78, 5) is 12.2. The molecule has 1 heterocycles. The molecule has 0 radical (unpaired) electrons. The van der Waals surface area contributed by atoms with Crippen LogP contribution in [0.5, 0.6) is 0 Å². The van der Waals surface area contributed by atoms with Gasteiger partial charge in [-0.05, 0) is 43.7 Å². The van der Waals surface area contributed by atoms with E-state index in [1.165, 1.54) is 12.1 Å². The predicted molar refractivity (Wildman–Crippen MR) is 74.0 cm³/mol. The molecule has 0 atom stereocenters. The highest BCUT2D eigenvalue weighted by Gasteiger charge is 2.15. The van der Waals surface area contributed by atoms with Crippen molar-refractivity contribution in [3.8, 4) is 6.07 Å². The van der Waals surface area contributed by atoms with Gasteiger partial charge in [0.25, 0.3) is 5.91 Å². The van der Waals surface area contributed by atoms with Gasteiger partial charge in [-0.1, -0.05) is 0 Å². The molecule has 0 spiro atoms. The Balaban J connectivity index is 2.31. The summed E-state index contributed by atoms with van der Waals surface area (Å²) >= 11 is 0. The van der Waals surface area contributed by atoms with Crippen LogP contribution < -0.4 is 5.32 Å². The molecule has 0 bridgehead atoms. The number of aromatic nitrogens is 1. The second-order valence-electron chi connectivity index (χ2n) is 4.64. The third-order valence-electron chi connectivity index (χ3n) is 3.22. The molecule has 1 aromatic carbocycles. The minimum atomic E-state index is -0.601. The van der Waals surface area contributed by atoms with Crippen molar-refractivity contribution < 1.29 is 9.18 Å². The van der Waals surface area contributed by atoms with Gasteiger partial charge >= 0.3 is 0 Å². The van der Waals surface area contributed by atoms with Gasteiger partial charge in [-0.15, -0.1) is 0 Å². The van der Waals surface area contributed by atoms with E-state index in [0.29, 0.717) is 11.4 Å². The highest BCUT2D eigenvalue weighted by Crippen LogP contribution is 2.18. The lowest BCUT2D eigenvalue weighted by molar-refractivity contribution is 0.101. The van der Waals surface area contributed by atoms with Gasteiger partial charge in [0.15, 0.2) is 0 Å². The molecule has 0 saturated heterocycles. The van der Waals surface area contributed by atoms with Crippen molar-refractivity contribution in [2.45, 2.75) is 13.8 Å². The van der Waals surface area contributed by atoms with Gasteiger partial charge in [0.2, 0.25) is 0 Å². The van der Waals surface area contributed by atoms with Crippen molar-refractivity contribution in [1.82, 2.24) is 4.57 Å². The number of anilines is 1. The zero-order valence-corrected chi connectivity index (χ0v) is 11.5. The minimum Gasteiger partial charge on any atom is -0.344 e. The highest BCUT2D eigenvalue weighted by atomic mass is 19.1. The first-order valence-corrected chi connectivity index (χ1v) is 6.08. The number of carbonyl (C=O) groups excluding carboxylic acids is 1. The molecule has 0 fully saturated rings. The molecule has 2 aromatic rings. The van der Waals surface area contributed by atoms with Crippen LogP contribution in [0.2, 0.25) is 0 Å². The number of carbonyl (C=O) groups is 1. The third-order valence-corrected chi connectivity index (χ3v) is 3.22. The Hall–Kier alpha value is -2.61.